The highest BCUT2D eigenvalue weighted by atomic mass is 31.2. The van der Waals surface area contributed by atoms with Gasteiger partial charge in [0.25, 0.3) is 0 Å². The summed E-state index contributed by atoms with van der Waals surface area (Å²) in [5, 5.41) is 0. The van der Waals surface area contributed by atoms with Gasteiger partial charge in [0.05, 0.1) is 7.14 Å². The van der Waals surface area contributed by atoms with E-state index in [1.165, 1.54) is 122 Å². The summed E-state index contributed by atoms with van der Waals surface area (Å²) in [6.07, 6.45) is 28.5. The van der Waals surface area contributed by atoms with Crippen LogP contribution < -0.4 is 0 Å². The topological polar surface area (TPSA) is 17.1 Å². The zero-order valence-electron chi connectivity index (χ0n) is 22.6. The van der Waals surface area contributed by atoms with Gasteiger partial charge in [0, 0.05) is 18.5 Å². The van der Waals surface area contributed by atoms with Crippen LogP contribution >= 0.6 is 7.14 Å². The first kappa shape index (κ1) is 31.2. The van der Waals surface area contributed by atoms with Crippen LogP contribution in [0, 0.1) is 11.8 Å². The van der Waals surface area contributed by atoms with Crippen LogP contribution in [-0.2, 0) is 4.57 Å². The molecule has 188 valence electrons. The molecule has 31 heavy (non-hydrogen) atoms. The Morgan fingerprint density at radius 2 is 0.839 bits per heavy atom. The van der Waals surface area contributed by atoms with Crippen molar-refractivity contribution in [3.63, 3.8) is 0 Å². The molecule has 0 bridgehead atoms. The van der Waals surface area contributed by atoms with E-state index >= 15 is 0 Å². The highest BCUT2D eigenvalue weighted by molar-refractivity contribution is 7.63. The van der Waals surface area contributed by atoms with Gasteiger partial charge in [0.1, 0.15) is 0 Å². The van der Waals surface area contributed by atoms with Crippen LogP contribution in [0.25, 0.3) is 0 Å². The third-order valence-electron chi connectivity index (χ3n) is 7.44. The fourth-order valence-electron chi connectivity index (χ4n) is 5.10. The maximum Gasteiger partial charge on any atom is 0.0883 e. The lowest BCUT2D eigenvalue weighted by Crippen LogP contribution is -2.15. The van der Waals surface area contributed by atoms with Gasteiger partial charge in [-0.05, 0) is 18.3 Å². The second-order valence-corrected chi connectivity index (χ2v) is 13.8. The summed E-state index contributed by atoms with van der Waals surface area (Å²) in [7, 11) is -2.02. The molecule has 0 fully saturated rings. The van der Waals surface area contributed by atoms with Crippen LogP contribution in [0.15, 0.2) is 0 Å². The highest BCUT2D eigenvalue weighted by Crippen LogP contribution is 2.52. The fraction of sp³-hybridized carbons (Fsp3) is 1.00. The van der Waals surface area contributed by atoms with E-state index in [0.29, 0.717) is 11.8 Å². The van der Waals surface area contributed by atoms with Crippen molar-refractivity contribution < 1.29 is 4.57 Å². The summed E-state index contributed by atoms with van der Waals surface area (Å²) in [6.45, 7) is 11.5. The predicted molar refractivity (Wildman–Crippen MR) is 145 cm³/mol. The zero-order chi connectivity index (χ0) is 23.2. The lowest BCUT2D eigenvalue weighted by atomic mass is 10.0. The molecule has 2 unspecified atom stereocenters. The third-order valence-corrected chi connectivity index (χ3v) is 10.9. The Hall–Kier alpha value is 0.230. The Balaban J connectivity index is 4.41. The molecule has 2 atom stereocenters. The molecular formula is C29H61OP. The third kappa shape index (κ3) is 18.4. The molecule has 0 aromatic rings. The van der Waals surface area contributed by atoms with Gasteiger partial charge in [0.15, 0.2) is 0 Å². The first-order valence-electron chi connectivity index (χ1n) is 14.6. The van der Waals surface area contributed by atoms with Crippen LogP contribution in [0.2, 0.25) is 0 Å². The molecule has 2 heteroatoms. The molecule has 0 aliphatic heterocycles. The molecule has 1 nitrogen and oxygen atoms in total. The van der Waals surface area contributed by atoms with Crippen molar-refractivity contribution in [2.75, 3.05) is 18.5 Å². The van der Waals surface area contributed by atoms with E-state index in [1.54, 1.807) is 0 Å². The number of unbranched alkanes of at least 4 members (excludes halogenated alkanes) is 12. The summed E-state index contributed by atoms with van der Waals surface area (Å²) < 4.78 is 14.1. The monoisotopic (exact) mass is 456 g/mol. The molecule has 0 radical (unpaired) electrons. The van der Waals surface area contributed by atoms with E-state index in [0.717, 1.165) is 18.5 Å². The molecule has 0 N–H and O–H groups in total. The van der Waals surface area contributed by atoms with Gasteiger partial charge in [-0.15, -0.1) is 0 Å². The van der Waals surface area contributed by atoms with Gasteiger partial charge in [0.2, 0.25) is 0 Å². The molecule has 0 aliphatic carbocycles. The molecule has 0 saturated heterocycles. The molecule has 0 amide bonds. The minimum Gasteiger partial charge on any atom is -0.324 e. The van der Waals surface area contributed by atoms with Crippen molar-refractivity contribution in [3.8, 4) is 0 Å². The van der Waals surface area contributed by atoms with Crippen molar-refractivity contribution >= 4 is 7.14 Å². The molecule has 0 heterocycles. The largest absolute Gasteiger partial charge is 0.324 e. The van der Waals surface area contributed by atoms with E-state index in [4.69, 9.17) is 0 Å². The maximum absolute atomic E-state index is 14.1. The van der Waals surface area contributed by atoms with E-state index in [1.807, 2.05) is 0 Å². The van der Waals surface area contributed by atoms with Gasteiger partial charge in [-0.2, -0.15) is 0 Å². The summed E-state index contributed by atoms with van der Waals surface area (Å²) in [6, 6.07) is 0. The standard InChI is InChI=1S/C29H61OP/c1-6-11-14-15-16-17-18-19-20-21-22-25-31(30,26-28(9-4)23-12-7-2)27-29(10-5)24-13-8-3/h28-29H,6-27H2,1-5H3. The number of hydrogen-bond donors (Lipinski definition) is 0. The Kier molecular flexibility index (Phi) is 22.2. The lowest BCUT2D eigenvalue weighted by molar-refractivity contribution is 0.461. The van der Waals surface area contributed by atoms with E-state index in [2.05, 4.69) is 34.6 Å². The number of rotatable bonds is 24. The first-order valence-corrected chi connectivity index (χ1v) is 16.9. The lowest BCUT2D eigenvalue weighted by Gasteiger charge is -2.27. The quantitative estimate of drug-likeness (QED) is 0.104. The molecule has 0 spiro atoms. The van der Waals surface area contributed by atoms with Crippen molar-refractivity contribution in [2.45, 2.75) is 157 Å². The average Bonchev–Trinajstić information content (AvgIpc) is 2.77. The van der Waals surface area contributed by atoms with Crippen molar-refractivity contribution in [2.24, 2.45) is 11.8 Å². The Bertz CT molecular complexity index is 384. The average molecular weight is 457 g/mol. The summed E-state index contributed by atoms with van der Waals surface area (Å²) in [5.41, 5.74) is 0. The maximum atomic E-state index is 14.1. The van der Waals surface area contributed by atoms with Crippen molar-refractivity contribution in [1.29, 1.82) is 0 Å². The molecule has 0 aliphatic rings. The summed E-state index contributed by atoms with van der Waals surface area (Å²) in [5.74, 6) is 1.39. The van der Waals surface area contributed by atoms with Gasteiger partial charge in [-0.3, -0.25) is 0 Å². The molecule has 0 aromatic carbocycles. The minimum absolute atomic E-state index is 0.696. The van der Waals surface area contributed by atoms with Gasteiger partial charge in [-0.1, -0.05) is 150 Å². The summed E-state index contributed by atoms with van der Waals surface area (Å²) >= 11 is 0. The van der Waals surface area contributed by atoms with Gasteiger partial charge >= 0.3 is 0 Å². The van der Waals surface area contributed by atoms with E-state index in [9.17, 15) is 4.57 Å². The van der Waals surface area contributed by atoms with Crippen LogP contribution in [0.4, 0.5) is 0 Å². The Morgan fingerprint density at radius 3 is 1.19 bits per heavy atom. The van der Waals surface area contributed by atoms with Crippen molar-refractivity contribution in [1.82, 2.24) is 0 Å². The first-order chi connectivity index (χ1) is 15.0. The number of hydrogen-bond acceptors (Lipinski definition) is 1. The molecular weight excluding hydrogens is 395 g/mol. The van der Waals surface area contributed by atoms with E-state index < -0.39 is 7.14 Å². The molecule has 0 aromatic heterocycles. The highest BCUT2D eigenvalue weighted by Gasteiger charge is 2.28. The van der Waals surface area contributed by atoms with Crippen LogP contribution in [-0.4, -0.2) is 18.5 Å². The van der Waals surface area contributed by atoms with E-state index in [-0.39, 0.29) is 0 Å². The zero-order valence-corrected chi connectivity index (χ0v) is 23.5. The smallest absolute Gasteiger partial charge is 0.0883 e. The second kappa shape index (κ2) is 22.0. The van der Waals surface area contributed by atoms with Crippen LogP contribution in [0.3, 0.4) is 0 Å². The fourth-order valence-corrected chi connectivity index (χ4v) is 9.17. The van der Waals surface area contributed by atoms with Crippen LogP contribution in [0.5, 0.6) is 0 Å². The van der Waals surface area contributed by atoms with Crippen LogP contribution in [0.1, 0.15) is 157 Å². The SMILES string of the molecule is CCCCCCCCCCCCCP(=O)(CC(CC)CCCC)CC(CC)CCCC. The Labute approximate surface area is 198 Å². The molecule has 0 saturated carbocycles. The predicted octanol–water partition coefficient (Wildman–Crippen LogP) is 11.1. The van der Waals surface area contributed by atoms with Gasteiger partial charge in [-0.25, -0.2) is 0 Å². The Morgan fingerprint density at radius 1 is 0.484 bits per heavy atom. The van der Waals surface area contributed by atoms with Crippen molar-refractivity contribution in [3.05, 3.63) is 0 Å². The normalized spacial score (nSPS) is 15.6. The molecule has 0 rings (SSSR count). The van der Waals surface area contributed by atoms with Gasteiger partial charge < -0.3 is 4.57 Å². The summed E-state index contributed by atoms with van der Waals surface area (Å²) in [4.78, 5) is 0. The minimum atomic E-state index is -2.02. The second-order valence-electron chi connectivity index (χ2n) is 10.5.